The summed E-state index contributed by atoms with van der Waals surface area (Å²) in [5, 5.41) is 2.76. The minimum absolute atomic E-state index is 0.173. The summed E-state index contributed by atoms with van der Waals surface area (Å²) in [6.45, 7) is 4.52. The predicted octanol–water partition coefficient (Wildman–Crippen LogP) is -0.258. The van der Waals surface area contributed by atoms with Crippen LogP contribution in [0.4, 0.5) is 0 Å². The molecule has 0 aliphatic carbocycles. The second-order valence-electron chi connectivity index (χ2n) is 5.18. The Morgan fingerprint density at radius 3 is 3.05 bits per heavy atom. The molecule has 6 nitrogen and oxygen atoms in total. The monoisotopic (exact) mass is 286 g/mol. The Labute approximate surface area is 123 Å². The van der Waals surface area contributed by atoms with Crippen molar-refractivity contribution in [1.29, 1.82) is 0 Å². The molecule has 2 amide bonds. The largest absolute Gasteiger partial charge is 0.352 e. The molecule has 21 heavy (non-hydrogen) atoms. The number of hydrogen-bond donors (Lipinski definition) is 2. The van der Waals surface area contributed by atoms with Crippen LogP contribution in [0.25, 0.3) is 0 Å². The molecule has 0 saturated carbocycles. The maximum atomic E-state index is 12.7. The Balaban J connectivity index is 2.38. The number of nitrogens with zero attached hydrogens (tertiary/aromatic N) is 2. The summed E-state index contributed by atoms with van der Waals surface area (Å²) in [7, 11) is 0. The summed E-state index contributed by atoms with van der Waals surface area (Å²) in [5.41, 5.74) is 5.23. The maximum absolute atomic E-state index is 12.7. The van der Waals surface area contributed by atoms with Crippen LogP contribution in [-0.4, -0.2) is 46.9 Å². The van der Waals surface area contributed by atoms with E-state index in [1.165, 1.54) is 11.1 Å². The molecular formula is C15H18N4O2. The molecule has 2 heterocycles. The number of hydrogen-bond acceptors (Lipinski definition) is 4. The molecule has 1 fully saturated rings. The Kier molecular flexibility index (Phi) is 4.24. The lowest BCUT2D eigenvalue weighted by Crippen LogP contribution is -2.63. The molecule has 0 aromatic carbocycles. The van der Waals surface area contributed by atoms with E-state index in [0.717, 1.165) is 0 Å². The van der Waals surface area contributed by atoms with Gasteiger partial charge in [0.2, 0.25) is 5.91 Å². The smallest absolute Gasteiger partial charge is 0.274 e. The van der Waals surface area contributed by atoms with E-state index >= 15 is 0 Å². The second-order valence-corrected chi connectivity index (χ2v) is 5.18. The van der Waals surface area contributed by atoms with Crippen LogP contribution in [0.2, 0.25) is 0 Å². The zero-order valence-electron chi connectivity index (χ0n) is 12.1. The highest BCUT2D eigenvalue weighted by Gasteiger charge is 2.41. The van der Waals surface area contributed by atoms with E-state index in [0.29, 0.717) is 18.7 Å². The van der Waals surface area contributed by atoms with E-state index in [1.54, 1.807) is 26.0 Å². The molecule has 1 aliphatic rings. The quantitative estimate of drug-likeness (QED) is 0.696. The molecule has 6 heteroatoms. The van der Waals surface area contributed by atoms with Crippen molar-refractivity contribution in [3.8, 4) is 11.8 Å². The van der Waals surface area contributed by atoms with Gasteiger partial charge in [0.25, 0.3) is 5.91 Å². The third kappa shape index (κ3) is 2.88. The summed E-state index contributed by atoms with van der Waals surface area (Å²) < 4.78 is 0. The number of amides is 2. The average Bonchev–Trinajstić information content (AvgIpc) is 2.47. The fraction of sp³-hybridized carbons (Fsp3) is 0.400. The molecule has 1 saturated heterocycles. The minimum Gasteiger partial charge on any atom is -0.352 e. The lowest BCUT2D eigenvalue weighted by Gasteiger charge is -2.41. The number of rotatable bonds is 1. The Bertz CT molecular complexity index is 628. The second kappa shape index (κ2) is 5.94. The number of nitrogens with one attached hydrogen (secondary N) is 1. The van der Waals surface area contributed by atoms with E-state index in [2.05, 4.69) is 22.1 Å². The lowest BCUT2D eigenvalue weighted by molar-refractivity contribution is -0.133. The van der Waals surface area contributed by atoms with Gasteiger partial charge in [-0.2, -0.15) is 0 Å². The number of carbonyl (C=O) groups is 2. The van der Waals surface area contributed by atoms with Crippen LogP contribution in [0.15, 0.2) is 18.3 Å². The third-order valence-electron chi connectivity index (χ3n) is 3.43. The molecule has 0 bridgehead atoms. The third-order valence-corrected chi connectivity index (χ3v) is 3.43. The molecule has 2 rings (SSSR count). The van der Waals surface area contributed by atoms with Gasteiger partial charge in [-0.1, -0.05) is 11.8 Å². The number of pyridine rings is 1. The molecule has 0 radical (unpaired) electrons. The topological polar surface area (TPSA) is 88.3 Å². The van der Waals surface area contributed by atoms with Gasteiger partial charge in [0.15, 0.2) is 0 Å². The van der Waals surface area contributed by atoms with Gasteiger partial charge in [0.05, 0.1) is 12.1 Å². The van der Waals surface area contributed by atoms with Crippen molar-refractivity contribution in [3.63, 3.8) is 0 Å². The van der Waals surface area contributed by atoms with Gasteiger partial charge >= 0.3 is 0 Å². The van der Waals surface area contributed by atoms with E-state index < -0.39 is 5.54 Å². The summed E-state index contributed by atoms with van der Waals surface area (Å²) >= 11 is 0. The van der Waals surface area contributed by atoms with Crippen LogP contribution in [0.1, 0.15) is 29.9 Å². The molecule has 1 aromatic heterocycles. The van der Waals surface area contributed by atoms with Crippen LogP contribution in [0.3, 0.4) is 0 Å². The number of aromatic nitrogens is 1. The van der Waals surface area contributed by atoms with Crippen LogP contribution < -0.4 is 11.1 Å². The predicted molar refractivity (Wildman–Crippen MR) is 78.3 cm³/mol. The highest BCUT2D eigenvalue weighted by Crippen LogP contribution is 2.21. The minimum atomic E-state index is -0.911. The first-order valence-corrected chi connectivity index (χ1v) is 6.72. The van der Waals surface area contributed by atoms with Crippen molar-refractivity contribution in [2.75, 3.05) is 19.6 Å². The molecule has 3 N–H and O–H groups in total. The Morgan fingerprint density at radius 1 is 1.57 bits per heavy atom. The number of carbonyl (C=O) groups excluding carboxylic acids is 2. The van der Waals surface area contributed by atoms with Gasteiger partial charge in [-0.05, 0) is 26.0 Å². The van der Waals surface area contributed by atoms with Crippen LogP contribution in [0, 0.1) is 11.8 Å². The maximum Gasteiger partial charge on any atom is 0.274 e. The first kappa shape index (κ1) is 15.0. The van der Waals surface area contributed by atoms with Crippen molar-refractivity contribution in [2.24, 2.45) is 5.73 Å². The van der Waals surface area contributed by atoms with Crippen molar-refractivity contribution in [3.05, 3.63) is 29.6 Å². The molecular weight excluding hydrogens is 268 g/mol. The SMILES string of the molecule is CC1(C)C(=O)NCCN1C(=O)c1ncccc1C#CCN. The van der Waals surface area contributed by atoms with Crippen molar-refractivity contribution >= 4 is 11.8 Å². The summed E-state index contributed by atoms with van der Waals surface area (Å²) in [6.07, 6.45) is 1.54. The van der Waals surface area contributed by atoms with Gasteiger partial charge in [0.1, 0.15) is 11.2 Å². The number of nitrogens with two attached hydrogens (primary N) is 1. The fourth-order valence-corrected chi connectivity index (χ4v) is 2.21. The molecule has 0 atom stereocenters. The number of piperazine rings is 1. The van der Waals surface area contributed by atoms with Crippen LogP contribution in [-0.2, 0) is 4.79 Å². The molecule has 1 aliphatic heterocycles. The first-order chi connectivity index (χ1) is 9.98. The summed E-state index contributed by atoms with van der Waals surface area (Å²) in [5.74, 6) is 5.10. The van der Waals surface area contributed by atoms with Crippen molar-refractivity contribution < 1.29 is 9.59 Å². The highest BCUT2D eigenvalue weighted by atomic mass is 16.2. The molecule has 0 unspecified atom stereocenters. The van der Waals surface area contributed by atoms with E-state index in [4.69, 9.17) is 5.73 Å². The molecule has 1 aromatic rings. The zero-order chi connectivity index (χ0) is 15.5. The summed E-state index contributed by atoms with van der Waals surface area (Å²) in [4.78, 5) is 30.3. The lowest BCUT2D eigenvalue weighted by atomic mass is 9.98. The standard InChI is InChI=1S/C15H18N4O2/c1-15(2)14(21)18-9-10-19(15)13(20)12-11(5-3-7-16)6-4-8-17-12/h4,6,8H,7,9-10,16H2,1-2H3,(H,18,21). The van der Waals surface area contributed by atoms with Crippen LogP contribution in [0.5, 0.6) is 0 Å². The highest BCUT2D eigenvalue weighted by molar-refractivity contribution is 6.00. The van der Waals surface area contributed by atoms with Gasteiger partial charge in [0, 0.05) is 19.3 Å². The molecule has 0 spiro atoms. The molecule has 110 valence electrons. The van der Waals surface area contributed by atoms with E-state index in [-0.39, 0.29) is 24.1 Å². The van der Waals surface area contributed by atoms with Gasteiger partial charge in [-0.15, -0.1) is 0 Å². The first-order valence-electron chi connectivity index (χ1n) is 6.72. The van der Waals surface area contributed by atoms with E-state index in [9.17, 15) is 9.59 Å². The van der Waals surface area contributed by atoms with Gasteiger partial charge in [-0.25, -0.2) is 4.98 Å². The van der Waals surface area contributed by atoms with Gasteiger partial charge < -0.3 is 16.0 Å². The fourth-order valence-electron chi connectivity index (χ4n) is 2.21. The Morgan fingerprint density at radius 2 is 2.33 bits per heavy atom. The Hall–Kier alpha value is -2.39. The van der Waals surface area contributed by atoms with E-state index in [1.807, 2.05) is 0 Å². The van der Waals surface area contributed by atoms with Crippen molar-refractivity contribution in [2.45, 2.75) is 19.4 Å². The average molecular weight is 286 g/mol. The van der Waals surface area contributed by atoms with Crippen LogP contribution >= 0.6 is 0 Å². The summed E-state index contributed by atoms with van der Waals surface area (Å²) in [6, 6.07) is 3.44. The zero-order valence-corrected chi connectivity index (χ0v) is 12.1. The van der Waals surface area contributed by atoms with Gasteiger partial charge in [-0.3, -0.25) is 9.59 Å². The normalized spacial score (nSPS) is 16.7. The van der Waals surface area contributed by atoms with Crippen molar-refractivity contribution in [1.82, 2.24) is 15.2 Å².